The largest absolute Gasteiger partial charge is 0.274 e. The minimum absolute atomic E-state index is 0.0124. The van der Waals surface area contributed by atoms with E-state index in [0.29, 0.717) is 5.56 Å². The number of nitrogens with two attached hydrogens (primary N) is 1. The van der Waals surface area contributed by atoms with Crippen LogP contribution in [0, 0.1) is 0 Å². The summed E-state index contributed by atoms with van der Waals surface area (Å²) in [6.45, 7) is 3.94. The Bertz CT molecular complexity index is 814. The molecule has 1 unspecified atom stereocenters. The van der Waals surface area contributed by atoms with E-state index >= 15 is 0 Å². The number of benzene rings is 2. The number of carbonyl (C=O) groups excluding carboxylic acids is 1. The van der Waals surface area contributed by atoms with E-state index in [1.807, 2.05) is 38.1 Å². The van der Waals surface area contributed by atoms with Gasteiger partial charge in [-0.25, -0.2) is 5.84 Å². The molecule has 0 bridgehead atoms. The highest BCUT2D eigenvalue weighted by molar-refractivity contribution is 7.13. The van der Waals surface area contributed by atoms with Crippen LogP contribution in [0.5, 0.6) is 0 Å². The molecule has 1 heterocycles. The second-order valence-corrected chi connectivity index (χ2v) is 5.88. The Balaban J connectivity index is 2.05. The number of hydrazine groups is 1. The Hall–Kier alpha value is -2.05. The van der Waals surface area contributed by atoms with E-state index in [9.17, 15) is 4.79 Å². The smallest absolute Gasteiger partial charge is 0.268 e. The van der Waals surface area contributed by atoms with Crippen LogP contribution < -0.4 is 5.84 Å². The predicted molar refractivity (Wildman–Crippen MR) is 85.0 cm³/mol. The zero-order chi connectivity index (χ0) is 15.0. The molecule has 0 aliphatic heterocycles. The zero-order valence-electron chi connectivity index (χ0n) is 11.9. The van der Waals surface area contributed by atoms with Crippen molar-refractivity contribution in [3.8, 4) is 0 Å². The van der Waals surface area contributed by atoms with E-state index in [2.05, 4.69) is 9.59 Å². The fourth-order valence-corrected chi connectivity index (χ4v) is 2.83. The standard InChI is InChI=1S/C15H16N4OS/c1-3-9(2)19(16)15(20)11-4-6-12-10(8-11)5-7-13-14(12)17-18-21-13/h4-9H,3,16H2,1-2H3. The van der Waals surface area contributed by atoms with Crippen LogP contribution in [0.25, 0.3) is 21.0 Å². The average Bonchev–Trinajstić information content (AvgIpc) is 3.01. The number of aromatic nitrogens is 2. The van der Waals surface area contributed by atoms with Gasteiger partial charge in [0.1, 0.15) is 5.52 Å². The lowest BCUT2D eigenvalue weighted by atomic mass is 10.1. The van der Waals surface area contributed by atoms with Gasteiger partial charge in [-0.2, -0.15) is 0 Å². The summed E-state index contributed by atoms with van der Waals surface area (Å²) in [7, 11) is 0. The summed E-state index contributed by atoms with van der Waals surface area (Å²) >= 11 is 1.37. The van der Waals surface area contributed by atoms with Crippen LogP contribution in [0.3, 0.4) is 0 Å². The number of carbonyl (C=O) groups is 1. The first-order valence-corrected chi connectivity index (χ1v) is 7.62. The van der Waals surface area contributed by atoms with Gasteiger partial charge >= 0.3 is 0 Å². The Morgan fingerprint density at radius 1 is 1.38 bits per heavy atom. The Morgan fingerprint density at radius 2 is 2.19 bits per heavy atom. The zero-order valence-corrected chi connectivity index (χ0v) is 12.7. The topological polar surface area (TPSA) is 72.1 Å². The number of hydrogen-bond acceptors (Lipinski definition) is 5. The van der Waals surface area contributed by atoms with Crippen molar-refractivity contribution >= 4 is 38.4 Å². The molecular weight excluding hydrogens is 284 g/mol. The van der Waals surface area contributed by atoms with Gasteiger partial charge in [-0.15, -0.1) is 5.10 Å². The van der Waals surface area contributed by atoms with E-state index < -0.39 is 0 Å². The van der Waals surface area contributed by atoms with Crippen molar-refractivity contribution in [3.05, 3.63) is 35.9 Å². The molecular formula is C15H16N4OS. The van der Waals surface area contributed by atoms with Gasteiger partial charge < -0.3 is 0 Å². The lowest BCUT2D eigenvalue weighted by Crippen LogP contribution is -2.43. The van der Waals surface area contributed by atoms with Gasteiger partial charge in [0, 0.05) is 17.0 Å². The molecule has 0 aliphatic rings. The second-order valence-electron chi connectivity index (χ2n) is 5.09. The van der Waals surface area contributed by atoms with E-state index in [1.165, 1.54) is 16.5 Å². The van der Waals surface area contributed by atoms with Crippen LogP contribution in [0.15, 0.2) is 30.3 Å². The molecule has 2 aromatic carbocycles. The summed E-state index contributed by atoms with van der Waals surface area (Å²) in [5.74, 6) is 5.72. The quantitative estimate of drug-likeness (QED) is 0.458. The highest BCUT2D eigenvalue weighted by Gasteiger charge is 2.17. The van der Waals surface area contributed by atoms with E-state index in [1.54, 1.807) is 6.07 Å². The molecule has 1 aromatic heterocycles. The van der Waals surface area contributed by atoms with Crippen molar-refractivity contribution in [3.63, 3.8) is 0 Å². The fourth-order valence-electron chi connectivity index (χ4n) is 2.25. The van der Waals surface area contributed by atoms with Crippen LogP contribution in [0.1, 0.15) is 30.6 Å². The highest BCUT2D eigenvalue weighted by Crippen LogP contribution is 2.26. The number of amides is 1. The first-order valence-electron chi connectivity index (χ1n) is 6.85. The van der Waals surface area contributed by atoms with Gasteiger partial charge in [-0.3, -0.25) is 9.80 Å². The Morgan fingerprint density at radius 3 is 2.95 bits per heavy atom. The maximum atomic E-state index is 12.4. The van der Waals surface area contributed by atoms with Crippen LogP contribution in [-0.2, 0) is 0 Å². The Labute approximate surface area is 126 Å². The molecule has 5 nitrogen and oxygen atoms in total. The molecule has 0 spiro atoms. The van der Waals surface area contributed by atoms with E-state index in [0.717, 1.165) is 27.4 Å². The third kappa shape index (κ3) is 2.36. The molecule has 1 atom stereocenters. The summed E-state index contributed by atoms with van der Waals surface area (Å²) in [5.41, 5.74) is 1.47. The molecule has 108 valence electrons. The molecule has 0 fully saturated rings. The summed E-state index contributed by atoms with van der Waals surface area (Å²) in [4.78, 5) is 12.4. The van der Waals surface area contributed by atoms with Gasteiger partial charge in [0.05, 0.1) is 4.70 Å². The monoisotopic (exact) mass is 300 g/mol. The summed E-state index contributed by atoms with van der Waals surface area (Å²) < 4.78 is 5.01. The summed E-state index contributed by atoms with van der Waals surface area (Å²) in [6.07, 6.45) is 0.820. The number of nitrogens with zero attached hydrogens (tertiary/aromatic N) is 3. The maximum absolute atomic E-state index is 12.4. The van der Waals surface area contributed by atoms with Gasteiger partial charge in [0.2, 0.25) is 0 Å². The fraction of sp³-hybridized carbons (Fsp3) is 0.267. The van der Waals surface area contributed by atoms with E-state index in [4.69, 9.17) is 5.84 Å². The number of fused-ring (bicyclic) bond motifs is 3. The van der Waals surface area contributed by atoms with Crippen LogP contribution in [0.2, 0.25) is 0 Å². The normalized spacial score (nSPS) is 12.7. The van der Waals surface area contributed by atoms with Gasteiger partial charge in [0.25, 0.3) is 5.91 Å². The van der Waals surface area contributed by atoms with Crippen molar-refractivity contribution in [1.29, 1.82) is 0 Å². The first-order chi connectivity index (χ1) is 10.1. The van der Waals surface area contributed by atoms with Crippen molar-refractivity contribution in [2.75, 3.05) is 0 Å². The predicted octanol–water partition coefficient (Wildman–Crippen LogP) is 2.96. The molecule has 3 rings (SSSR count). The third-order valence-electron chi connectivity index (χ3n) is 3.78. The minimum atomic E-state index is -0.164. The lowest BCUT2D eigenvalue weighted by molar-refractivity contribution is 0.0688. The molecule has 1 amide bonds. The highest BCUT2D eigenvalue weighted by atomic mass is 32.1. The SMILES string of the molecule is CCC(C)N(N)C(=O)c1ccc2c(ccc3snnc32)c1. The van der Waals surface area contributed by atoms with Crippen LogP contribution >= 0.6 is 11.5 Å². The van der Waals surface area contributed by atoms with Crippen molar-refractivity contribution in [2.45, 2.75) is 26.3 Å². The summed E-state index contributed by atoms with van der Waals surface area (Å²) in [6, 6.07) is 9.55. The number of hydrogen-bond donors (Lipinski definition) is 1. The Kier molecular flexibility index (Phi) is 3.57. The average molecular weight is 300 g/mol. The van der Waals surface area contributed by atoms with Crippen LogP contribution in [0.4, 0.5) is 0 Å². The molecule has 2 N–H and O–H groups in total. The van der Waals surface area contributed by atoms with E-state index in [-0.39, 0.29) is 11.9 Å². The minimum Gasteiger partial charge on any atom is -0.274 e. The molecule has 3 aromatic rings. The van der Waals surface area contributed by atoms with Crippen LogP contribution in [-0.4, -0.2) is 26.5 Å². The second kappa shape index (κ2) is 5.38. The van der Waals surface area contributed by atoms with Gasteiger partial charge in [-0.05, 0) is 48.5 Å². The molecule has 0 saturated heterocycles. The molecule has 0 aliphatic carbocycles. The molecule has 0 radical (unpaired) electrons. The number of rotatable bonds is 3. The van der Waals surface area contributed by atoms with Gasteiger partial charge in [0.15, 0.2) is 0 Å². The summed E-state index contributed by atoms with van der Waals surface area (Å²) in [5, 5.41) is 7.42. The van der Waals surface area contributed by atoms with Crippen molar-refractivity contribution in [2.24, 2.45) is 5.84 Å². The molecule has 0 saturated carbocycles. The lowest BCUT2D eigenvalue weighted by Gasteiger charge is -2.23. The maximum Gasteiger partial charge on any atom is 0.268 e. The van der Waals surface area contributed by atoms with Gasteiger partial charge in [-0.1, -0.05) is 23.5 Å². The molecule has 6 heteroatoms. The first kappa shape index (κ1) is 13.9. The van der Waals surface area contributed by atoms with Crippen molar-refractivity contribution in [1.82, 2.24) is 14.6 Å². The third-order valence-corrected chi connectivity index (χ3v) is 4.47. The van der Waals surface area contributed by atoms with Crippen molar-refractivity contribution < 1.29 is 4.79 Å². The molecule has 21 heavy (non-hydrogen) atoms.